The zero-order valence-electron chi connectivity index (χ0n) is 15.2. The molecule has 2 N–H and O–H groups in total. The Bertz CT molecular complexity index is 944. The minimum Gasteiger partial charge on any atom is -0.350 e. The molecule has 1 fully saturated rings. The van der Waals surface area contributed by atoms with Gasteiger partial charge in [-0.2, -0.15) is 0 Å². The quantitative estimate of drug-likeness (QED) is 0.798. The largest absolute Gasteiger partial charge is 0.350 e. The molecule has 28 heavy (non-hydrogen) atoms. The van der Waals surface area contributed by atoms with Gasteiger partial charge < -0.3 is 10.6 Å². The van der Waals surface area contributed by atoms with Gasteiger partial charge in [0.1, 0.15) is 17.9 Å². The van der Waals surface area contributed by atoms with Gasteiger partial charge in [0.15, 0.2) is 0 Å². The number of benzene rings is 2. The second-order valence-electron chi connectivity index (χ2n) is 7.14. The number of nitrogens with zero attached hydrogens (tertiary/aromatic N) is 1. The molecule has 0 unspecified atom stereocenters. The van der Waals surface area contributed by atoms with E-state index in [9.17, 15) is 18.8 Å². The van der Waals surface area contributed by atoms with Gasteiger partial charge in [-0.25, -0.2) is 9.18 Å². The van der Waals surface area contributed by atoms with E-state index in [-0.39, 0.29) is 24.8 Å². The van der Waals surface area contributed by atoms with Crippen molar-refractivity contribution in [1.82, 2.24) is 15.5 Å². The van der Waals surface area contributed by atoms with E-state index in [1.807, 2.05) is 24.3 Å². The van der Waals surface area contributed by atoms with Gasteiger partial charge in [-0.1, -0.05) is 36.4 Å². The number of urea groups is 1. The van der Waals surface area contributed by atoms with Crippen molar-refractivity contribution in [3.8, 4) is 0 Å². The monoisotopic (exact) mass is 381 g/mol. The Morgan fingerprint density at radius 3 is 2.68 bits per heavy atom. The number of nitrogens with one attached hydrogen (secondary N) is 2. The molecule has 6 nitrogen and oxygen atoms in total. The van der Waals surface area contributed by atoms with Gasteiger partial charge >= 0.3 is 6.03 Å². The summed E-state index contributed by atoms with van der Waals surface area (Å²) in [6.07, 6.45) is 2.16. The molecule has 0 radical (unpaired) electrons. The van der Waals surface area contributed by atoms with Crippen molar-refractivity contribution in [3.05, 3.63) is 71.0 Å². The summed E-state index contributed by atoms with van der Waals surface area (Å²) in [5.74, 6) is -1.19. The Morgan fingerprint density at radius 2 is 1.89 bits per heavy atom. The first-order valence-electron chi connectivity index (χ1n) is 9.23. The van der Waals surface area contributed by atoms with Crippen LogP contribution in [0.25, 0.3) is 0 Å². The molecule has 144 valence electrons. The van der Waals surface area contributed by atoms with E-state index in [4.69, 9.17) is 0 Å². The fraction of sp³-hybridized carbons (Fsp3) is 0.286. The maximum atomic E-state index is 13.1. The predicted octanol–water partition coefficient (Wildman–Crippen LogP) is 2.23. The van der Waals surface area contributed by atoms with Gasteiger partial charge in [0.05, 0.1) is 0 Å². The molecule has 0 bridgehead atoms. The molecule has 1 aliphatic heterocycles. The topological polar surface area (TPSA) is 78.5 Å². The lowest BCUT2D eigenvalue weighted by atomic mass is 9.76. The number of aryl methyl sites for hydroxylation is 1. The van der Waals surface area contributed by atoms with Crippen molar-refractivity contribution in [3.63, 3.8) is 0 Å². The van der Waals surface area contributed by atoms with Crippen LogP contribution in [0.2, 0.25) is 0 Å². The maximum Gasteiger partial charge on any atom is 0.325 e. The third kappa shape index (κ3) is 3.13. The van der Waals surface area contributed by atoms with Gasteiger partial charge in [-0.05, 0) is 48.1 Å². The van der Waals surface area contributed by atoms with E-state index in [0.717, 1.165) is 34.4 Å². The van der Waals surface area contributed by atoms with E-state index in [1.54, 1.807) is 12.1 Å². The number of halogens is 1. The average Bonchev–Trinajstić information content (AvgIpc) is 2.93. The Hall–Kier alpha value is -3.22. The summed E-state index contributed by atoms with van der Waals surface area (Å²) in [5, 5.41) is 5.49. The van der Waals surface area contributed by atoms with Crippen LogP contribution in [0.5, 0.6) is 0 Å². The normalized spacial score (nSPS) is 20.8. The highest BCUT2D eigenvalue weighted by atomic mass is 19.1. The van der Waals surface area contributed by atoms with Crippen molar-refractivity contribution in [2.75, 3.05) is 6.54 Å². The predicted molar refractivity (Wildman–Crippen MR) is 99.5 cm³/mol. The molecule has 1 saturated heterocycles. The van der Waals surface area contributed by atoms with Gasteiger partial charge in [-0.3, -0.25) is 14.5 Å². The Morgan fingerprint density at radius 1 is 1.14 bits per heavy atom. The van der Waals surface area contributed by atoms with Crippen molar-refractivity contribution in [2.24, 2.45) is 0 Å². The number of amides is 4. The summed E-state index contributed by atoms with van der Waals surface area (Å²) in [5.41, 5.74) is 1.51. The third-order valence-corrected chi connectivity index (χ3v) is 5.36. The maximum absolute atomic E-state index is 13.1. The fourth-order valence-corrected chi connectivity index (χ4v) is 3.96. The number of imide groups is 1. The molecule has 4 amide bonds. The molecule has 1 spiro atoms. The van der Waals surface area contributed by atoms with Crippen LogP contribution in [-0.4, -0.2) is 29.3 Å². The zero-order chi connectivity index (χ0) is 19.7. The smallest absolute Gasteiger partial charge is 0.325 e. The standard InChI is InChI=1S/C21H20FN3O3/c22-16-9-7-14(8-10-16)12-23-18(26)13-25-19(27)21(24-20(25)28)11-3-5-15-4-1-2-6-17(15)21/h1-2,4,6-10H,3,5,11-13H2,(H,23,26)(H,24,28)/t21-/m1/s1. The average molecular weight is 381 g/mol. The molecule has 2 aromatic rings. The number of hydrogen-bond donors (Lipinski definition) is 2. The second-order valence-corrected chi connectivity index (χ2v) is 7.14. The van der Waals surface area contributed by atoms with Gasteiger partial charge in [0, 0.05) is 6.54 Å². The Balaban J connectivity index is 1.46. The van der Waals surface area contributed by atoms with E-state index in [2.05, 4.69) is 10.6 Å². The lowest BCUT2D eigenvalue weighted by molar-refractivity contribution is -0.135. The van der Waals surface area contributed by atoms with Crippen LogP contribution in [0.1, 0.15) is 29.5 Å². The SMILES string of the molecule is O=C(CN1C(=O)N[C@@]2(CCCc3ccccc32)C1=O)NCc1ccc(F)cc1. The first kappa shape index (κ1) is 18.2. The van der Waals surface area contributed by atoms with E-state index in [0.29, 0.717) is 6.42 Å². The molecular weight excluding hydrogens is 361 g/mol. The third-order valence-electron chi connectivity index (χ3n) is 5.36. The van der Waals surface area contributed by atoms with E-state index >= 15 is 0 Å². The second kappa shape index (κ2) is 7.07. The van der Waals surface area contributed by atoms with Crippen molar-refractivity contribution < 1.29 is 18.8 Å². The van der Waals surface area contributed by atoms with E-state index < -0.39 is 17.5 Å². The van der Waals surface area contributed by atoms with Crippen LogP contribution in [0, 0.1) is 5.82 Å². The number of carbonyl (C=O) groups is 3. The molecule has 2 aliphatic rings. The first-order valence-corrected chi connectivity index (χ1v) is 9.23. The molecule has 0 aromatic heterocycles. The van der Waals surface area contributed by atoms with Crippen molar-refractivity contribution in [1.29, 1.82) is 0 Å². The summed E-state index contributed by atoms with van der Waals surface area (Å²) in [7, 11) is 0. The number of carbonyl (C=O) groups excluding carboxylic acids is 3. The summed E-state index contributed by atoms with van der Waals surface area (Å²) < 4.78 is 12.9. The van der Waals surface area contributed by atoms with Crippen LogP contribution in [-0.2, 0) is 28.1 Å². The van der Waals surface area contributed by atoms with Gasteiger partial charge in [0.25, 0.3) is 5.91 Å². The fourth-order valence-electron chi connectivity index (χ4n) is 3.96. The Kier molecular flexibility index (Phi) is 4.58. The van der Waals surface area contributed by atoms with Gasteiger partial charge in [0.2, 0.25) is 5.91 Å². The van der Waals surface area contributed by atoms with Gasteiger partial charge in [-0.15, -0.1) is 0 Å². The number of hydrogen-bond acceptors (Lipinski definition) is 3. The molecule has 0 saturated carbocycles. The van der Waals surface area contributed by atoms with Crippen LogP contribution >= 0.6 is 0 Å². The highest BCUT2D eigenvalue weighted by Crippen LogP contribution is 2.39. The lowest BCUT2D eigenvalue weighted by Crippen LogP contribution is -2.47. The van der Waals surface area contributed by atoms with Crippen LogP contribution in [0.15, 0.2) is 48.5 Å². The van der Waals surface area contributed by atoms with E-state index in [1.165, 1.54) is 12.1 Å². The first-order chi connectivity index (χ1) is 13.5. The van der Waals surface area contributed by atoms with Crippen LogP contribution in [0.4, 0.5) is 9.18 Å². The summed E-state index contributed by atoms with van der Waals surface area (Å²) in [6, 6.07) is 12.8. The molecule has 2 aromatic carbocycles. The number of rotatable bonds is 4. The molecule has 1 heterocycles. The molecule has 7 heteroatoms. The van der Waals surface area contributed by atoms with Crippen molar-refractivity contribution >= 4 is 17.8 Å². The molecule has 4 rings (SSSR count). The molecule has 1 aliphatic carbocycles. The zero-order valence-corrected chi connectivity index (χ0v) is 15.2. The highest BCUT2D eigenvalue weighted by Gasteiger charge is 2.54. The lowest BCUT2D eigenvalue weighted by Gasteiger charge is -2.33. The summed E-state index contributed by atoms with van der Waals surface area (Å²) in [6.45, 7) is -0.160. The minimum atomic E-state index is -1.08. The van der Waals surface area contributed by atoms with Crippen LogP contribution in [0.3, 0.4) is 0 Å². The Labute approximate surface area is 161 Å². The highest BCUT2D eigenvalue weighted by molar-refractivity contribution is 6.09. The molecule has 1 atom stereocenters. The van der Waals surface area contributed by atoms with Crippen LogP contribution < -0.4 is 10.6 Å². The van der Waals surface area contributed by atoms with Crippen molar-refractivity contribution in [2.45, 2.75) is 31.3 Å². The molecular formula is C21H20FN3O3. The minimum absolute atomic E-state index is 0.191. The summed E-state index contributed by atoms with van der Waals surface area (Å²) >= 11 is 0. The summed E-state index contributed by atoms with van der Waals surface area (Å²) in [4.78, 5) is 38.9. The number of fused-ring (bicyclic) bond motifs is 2.